The fourth-order valence-electron chi connectivity index (χ4n) is 3.45. The maximum absolute atomic E-state index is 5.62. The van der Waals surface area contributed by atoms with E-state index in [9.17, 15) is 0 Å². The van der Waals surface area contributed by atoms with E-state index in [1.807, 2.05) is 12.1 Å². The number of ether oxygens (including phenoxy) is 1. The van der Waals surface area contributed by atoms with Crippen LogP contribution in [-0.2, 0) is 0 Å². The monoisotopic (exact) mass is 332 g/mol. The van der Waals surface area contributed by atoms with E-state index in [1.165, 1.54) is 36.8 Å². The first-order valence-corrected chi connectivity index (χ1v) is 9.55. The molecule has 0 aliphatic heterocycles. The smallest absolute Gasteiger partial charge is 0.119 e. The zero-order chi connectivity index (χ0) is 17.5. The first-order valence-electron chi connectivity index (χ1n) is 9.55. The molecule has 0 unspecified atom stereocenters. The van der Waals surface area contributed by atoms with Crippen molar-refractivity contribution in [2.24, 2.45) is 5.92 Å². The average molecular weight is 332 g/mol. The molecule has 0 N–H and O–H groups in total. The topological polar surface area (TPSA) is 9.23 Å². The summed E-state index contributed by atoms with van der Waals surface area (Å²) >= 11 is 0. The fourth-order valence-corrected chi connectivity index (χ4v) is 3.45. The number of hydrogen-bond donors (Lipinski definition) is 0. The van der Waals surface area contributed by atoms with Crippen molar-refractivity contribution in [2.45, 2.75) is 51.9 Å². The first kappa shape index (κ1) is 17.6. The summed E-state index contributed by atoms with van der Waals surface area (Å²) in [5.41, 5.74) is 3.93. The van der Waals surface area contributed by atoms with Crippen LogP contribution in [0.5, 0.6) is 5.75 Å². The standard InChI is InChI=1S/C24H28O/c1-3-18-25-24-16-10-21(11-17-24)7-6-20-8-14-23(15-9-20)22-12-4-19(2)5-13-22/h4-5,10-13,16-17,20,23H,3,8-9,14-15,18H2,1-2H3/t20-,23-. The van der Waals surface area contributed by atoms with Crippen LogP contribution in [0.3, 0.4) is 0 Å². The molecular weight excluding hydrogens is 304 g/mol. The molecule has 0 spiro atoms. The molecule has 2 aromatic rings. The van der Waals surface area contributed by atoms with Crippen LogP contribution in [-0.4, -0.2) is 6.61 Å². The molecule has 0 radical (unpaired) electrons. The third kappa shape index (κ3) is 5.13. The van der Waals surface area contributed by atoms with E-state index in [0.29, 0.717) is 11.8 Å². The van der Waals surface area contributed by atoms with Crippen molar-refractivity contribution in [3.8, 4) is 17.6 Å². The van der Waals surface area contributed by atoms with Crippen molar-refractivity contribution < 1.29 is 4.74 Å². The van der Waals surface area contributed by atoms with Crippen molar-refractivity contribution in [2.75, 3.05) is 6.61 Å². The van der Waals surface area contributed by atoms with Crippen LogP contribution in [0.2, 0.25) is 0 Å². The van der Waals surface area contributed by atoms with Crippen molar-refractivity contribution >= 4 is 0 Å². The molecule has 1 nitrogen and oxygen atoms in total. The van der Waals surface area contributed by atoms with Gasteiger partial charge >= 0.3 is 0 Å². The number of benzene rings is 2. The fraction of sp³-hybridized carbons (Fsp3) is 0.417. The largest absolute Gasteiger partial charge is 0.494 e. The van der Waals surface area contributed by atoms with E-state index in [1.54, 1.807) is 0 Å². The highest BCUT2D eigenvalue weighted by atomic mass is 16.5. The van der Waals surface area contributed by atoms with Crippen LogP contribution < -0.4 is 4.74 Å². The molecule has 0 heterocycles. The summed E-state index contributed by atoms with van der Waals surface area (Å²) in [4.78, 5) is 0. The van der Waals surface area contributed by atoms with Crippen LogP contribution in [0.1, 0.15) is 61.6 Å². The van der Waals surface area contributed by atoms with E-state index in [2.05, 4.69) is 62.1 Å². The van der Waals surface area contributed by atoms with Gasteiger partial charge in [-0.05, 0) is 74.8 Å². The molecule has 1 heteroatoms. The van der Waals surface area contributed by atoms with Gasteiger partial charge in [-0.2, -0.15) is 0 Å². The summed E-state index contributed by atoms with van der Waals surface area (Å²) in [7, 11) is 0. The minimum absolute atomic E-state index is 0.540. The van der Waals surface area contributed by atoms with Gasteiger partial charge in [-0.3, -0.25) is 0 Å². The van der Waals surface area contributed by atoms with Crippen molar-refractivity contribution in [1.29, 1.82) is 0 Å². The molecule has 25 heavy (non-hydrogen) atoms. The average Bonchev–Trinajstić information content (AvgIpc) is 2.67. The summed E-state index contributed by atoms with van der Waals surface area (Å²) < 4.78 is 5.62. The summed E-state index contributed by atoms with van der Waals surface area (Å²) in [6.45, 7) is 5.04. The third-order valence-electron chi connectivity index (χ3n) is 5.02. The van der Waals surface area contributed by atoms with Crippen molar-refractivity contribution in [1.82, 2.24) is 0 Å². The van der Waals surface area contributed by atoms with Crippen molar-refractivity contribution in [3.63, 3.8) is 0 Å². The minimum Gasteiger partial charge on any atom is -0.494 e. The van der Waals surface area contributed by atoms with Gasteiger partial charge in [0.2, 0.25) is 0 Å². The Morgan fingerprint density at radius 1 is 0.920 bits per heavy atom. The lowest BCUT2D eigenvalue weighted by atomic mass is 9.79. The lowest BCUT2D eigenvalue weighted by molar-refractivity contribution is 0.317. The van der Waals surface area contributed by atoms with E-state index >= 15 is 0 Å². The zero-order valence-electron chi connectivity index (χ0n) is 15.4. The van der Waals surface area contributed by atoms with Gasteiger partial charge in [0, 0.05) is 11.5 Å². The zero-order valence-corrected chi connectivity index (χ0v) is 15.4. The normalized spacial score (nSPS) is 19.8. The molecule has 2 aromatic carbocycles. The quantitative estimate of drug-likeness (QED) is 0.614. The van der Waals surface area contributed by atoms with Gasteiger partial charge in [0.05, 0.1) is 6.61 Å². The van der Waals surface area contributed by atoms with Gasteiger partial charge in [0.1, 0.15) is 5.75 Å². The second-order valence-electron chi connectivity index (χ2n) is 7.10. The lowest BCUT2D eigenvalue weighted by Crippen LogP contribution is -2.12. The summed E-state index contributed by atoms with van der Waals surface area (Å²) in [6.07, 6.45) is 5.97. The molecular formula is C24H28O. The molecule has 1 saturated carbocycles. The molecule has 0 amide bonds. The first-order chi connectivity index (χ1) is 12.2. The van der Waals surface area contributed by atoms with Crippen molar-refractivity contribution in [3.05, 3.63) is 65.2 Å². The molecule has 0 atom stereocenters. The highest BCUT2D eigenvalue weighted by molar-refractivity contribution is 5.38. The molecule has 0 bridgehead atoms. The number of rotatable bonds is 4. The van der Waals surface area contributed by atoms with Crippen LogP contribution in [0.25, 0.3) is 0 Å². The van der Waals surface area contributed by atoms with Gasteiger partial charge in [-0.1, -0.05) is 48.6 Å². The Morgan fingerprint density at radius 3 is 2.24 bits per heavy atom. The van der Waals surface area contributed by atoms with Gasteiger partial charge in [-0.15, -0.1) is 0 Å². The van der Waals surface area contributed by atoms with Crippen LogP contribution in [0.15, 0.2) is 48.5 Å². The van der Waals surface area contributed by atoms with E-state index in [0.717, 1.165) is 24.3 Å². The lowest BCUT2D eigenvalue weighted by Gasteiger charge is -2.26. The van der Waals surface area contributed by atoms with Gasteiger partial charge in [-0.25, -0.2) is 0 Å². The summed E-state index contributed by atoms with van der Waals surface area (Å²) in [5.74, 6) is 9.04. The number of aryl methyl sites for hydroxylation is 1. The predicted molar refractivity (Wildman–Crippen MR) is 105 cm³/mol. The van der Waals surface area contributed by atoms with E-state index < -0.39 is 0 Å². The van der Waals surface area contributed by atoms with E-state index in [-0.39, 0.29) is 0 Å². The molecule has 1 aliphatic carbocycles. The maximum Gasteiger partial charge on any atom is 0.119 e. The predicted octanol–water partition coefficient (Wildman–Crippen LogP) is 6.11. The number of hydrogen-bond acceptors (Lipinski definition) is 1. The molecule has 130 valence electrons. The second-order valence-corrected chi connectivity index (χ2v) is 7.10. The highest BCUT2D eigenvalue weighted by Gasteiger charge is 2.20. The van der Waals surface area contributed by atoms with Gasteiger partial charge in [0.15, 0.2) is 0 Å². The second kappa shape index (κ2) is 8.77. The Balaban J connectivity index is 1.52. The third-order valence-corrected chi connectivity index (χ3v) is 5.02. The maximum atomic E-state index is 5.62. The Kier molecular flexibility index (Phi) is 6.18. The minimum atomic E-state index is 0.540. The molecule has 1 fully saturated rings. The Labute approximate surface area is 152 Å². The Bertz CT molecular complexity index is 707. The highest BCUT2D eigenvalue weighted by Crippen LogP contribution is 2.35. The van der Waals surface area contributed by atoms with E-state index in [4.69, 9.17) is 4.74 Å². The van der Waals surface area contributed by atoms with Crippen LogP contribution in [0.4, 0.5) is 0 Å². The Hall–Kier alpha value is -2.20. The molecule has 0 aromatic heterocycles. The summed E-state index contributed by atoms with van der Waals surface area (Å²) in [6, 6.07) is 17.2. The van der Waals surface area contributed by atoms with Gasteiger partial charge < -0.3 is 4.74 Å². The molecule has 0 saturated heterocycles. The Morgan fingerprint density at radius 2 is 1.60 bits per heavy atom. The summed E-state index contributed by atoms with van der Waals surface area (Å²) in [5, 5.41) is 0. The SMILES string of the molecule is CCCOc1ccc(C#C[C@H]2CC[C@H](c3ccc(C)cc3)CC2)cc1. The molecule has 3 rings (SSSR count). The molecule has 1 aliphatic rings. The van der Waals surface area contributed by atoms with Gasteiger partial charge in [0.25, 0.3) is 0 Å². The van der Waals surface area contributed by atoms with Crippen LogP contribution in [0, 0.1) is 24.7 Å². The van der Waals surface area contributed by atoms with Crippen LogP contribution >= 0.6 is 0 Å².